The van der Waals surface area contributed by atoms with Crippen LogP contribution in [0.4, 0.5) is 0 Å². The molecular formula is C14H17NO2. The highest BCUT2D eigenvalue weighted by Gasteiger charge is 2.21. The molecule has 1 heterocycles. The molecular weight excluding hydrogens is 214 g/mol. The predicted octanol–water partition coefficient (Wildman–Crippen LogP) is 3.97. The normalized spacial score (nSPS) is 18.4. The van der Waals surface area contributed by atoms with Crippen LogP contribution in [0.3, 0.4) is 0 Å². The van der Waals surface area contributed by atoms with Gasteiger partial charge in [0.1, 0.15) is 17.0 Å². The van der Waals surface area contributed by atoms with Gasteiger partial charge in [0.2, 0.25) is 0 Å². The molecule has 1 aromatic carbocycles. The summed E-state index contributed by atoms with van der Waals surface area (Å²) in [7, 11) is 0. The molecule has 1 aliphatic carbocycles. The van der Waals surface area contributed by atoms with Crippen molar-refractivity contribution in [3.8, 4) is 5.75 Å². The second kappa shape index (κ2) is 4.40. The summed E-state index contributed by atoms with van der Waals surface area (Å²) >= 11 is 0. The quantitative estimate of drug-likeness (QED) is 0.755. The molecule has 1 fully saturated rings. The van der Waals surface area contributed by atoms with Crippen LogP contribution in [0.25, 0.3) is 10.9 Å². The van der Waals surface area contributed by atoms with Crippen molar-refractivity contribution < 1.29 is 9.63 Å². The van der Waals surface area contributed by atoms with E-state index in [9.17, 15) is 5.11 Å². The Labute approximate surface area is 100 Å². The summed E-state index contributed by atoms with van der Waals surface area (Å²) in [6.07, 6.45) is 7.55. The molecule has 0 bridgehead atoms. The summed E-state index contributed by atoms with van der Waals surface area (Å²) in [5.74, 6) is 1.73. The Morgan fingerprint density at radius 2 is 1.88 bits per heavy atom. The predicted molar refractivity (Wildman–Crippen MR) is 66.1 cm³/mol. The van der Waals surface area contributed by atoms with E-state index >= 15 is 0 Å². The average Bonchev–Trinajstić information content (AvgIpc) is 2.58. The topological polar surface area (TPSA) is 46.3 Å². The van der Waals surface area contributed by atoms with Crippen molar-refractivity contribution in [1.29, 1.82) is 0 Å². The van der Waals surface area contributed by atoms with Crippen molar-refractivity contribution in [2.75, 3.05) is 0 Å². The van der Waals surface area contributed by atoms with Crippen LogP contribution in [0.1, 0.15) is 50.2 Å². The molecule has 1 saturated carbocycles. The molecule has 0 radical (unpaired) electrons. The van der Waals surface area contributed by atoms with Crippen molar-refractivity contribution in [1.82, 2.24) is 5.16 Å². The van der Waals surface area contributed by atoms with Gasteiger partial charge in [0.25, 0.3) is 0 Å². The van der Waals surface area contributed by atoms with Crippen LogP contribution in [0, 0.1) is 0 Å². The molecule has 1 aliphatic rings. The van der Waals surface area contributed by atoms with Gasteiger partial charge in [-0.05, 0) is 31.0 Å². The first-order valence-electron chi connectivity index (χ1n) is 6.43. The van der Waals surface area contributed by atoms with Gasteiger partial charge in [0.05, 0.1) is 0 Å². The Bertz CT molecular complexity index is 510. The van der Waals surface area contributed by atoms with Crippen molar-refractivity contribution in [2.45, 2.75) is 44.4 Å². The Morgan fingerprint density at radius 1 is 1.12 bits per heavy atom. The van der Waals surface area contributed by atoms with Crippen molar-refractivity contribution in [2.24, 2.45) is 0 Å². The molecule has 17 heavy (non-hydrogen) atoms. The molecule has 0 aliphatic heterocycles. The fourth-order valence-electron chi connectivity index (χ4n) is 2.78. The van der Waals surface area contributed by atoms with Crippen LogP contribution >= 0.6 is 0 Å². The van der Waals surface area contributed by atoms with Gasteiger partial charge in [-0.2, -0.15) is 0 Å². The number of fused-ring (bicyclic) bond motifs is 1. The SMILES string of the molecule is Oc1ccc2noc(C3CCCCCC3)c2c1. The second-order valence-corrected chi connectivity index (χ2v) is 4.94. The number of aromatic nitrogens is 1. The first-order chi connectivity index (χ1) is 8.34. The number of phenolic OH excluding ortho intramolecular Hbond substituents is 1. The minimum Gasteiger partial charge on any atom is -0.508 e. The fourth-order valence-corrected chi connectivity index (χ4v) is 2.78. The largest absolute Gasteiger partial charge is 0.508 e. The lowest BCUT2D eigenvalue weighted by atomic mass is 9.95. The number of nitrogens with zero attached hydrogens (tertiary/aromatic N) is 1. The van der Waals surface area contributed by atoms with E-state index < -0.39 is 0 Å². The highest BCUT2D eigenvalue weighted by molar-refractivity contribution is 5.82. The molecule has 2 aromatic rings. The van der Waals surface area contributed by atoms with Crippen molar-refractivity contribution >= 4 is 10.9 Å². The molecule has 0 amide bonds. The lowest BCUT2D eigenvalue weighted by Gasteiger charge is -2.09. The minimum atomic E-state index is 0.288. The van der Waals surface area contributed by atoms with Gasteiger partial charge in [-0.15, -0.1) is 0 Å². The zero-order valence-corrected chi connectivity index (χ0v) is 9.85. The van der Waals surface area contributed by atoms with E-state index in [1.165, 1.54) is 38.5 Å². The number of aromatic hydroxyl groups is 1. The third kappa shape index (κ3) is 2.02. The van der Waals surface area contributed by atoms with Crippen LogP contribution in [-0.4, -0.2) is 10.3 Å². The van der Waals surface area contributed by atoms with Crippen molar-refractivity contribution in [3.63, 3.8) is 0 Å². The second-order valence-electron chi connectivity index (χ2n) is 4.94. The van der Waals surface area contributed by atoms with Gasteiger partial charge >= 0.3 is 0 Å². The minimum absolute atomic E-state index is 0.288. The smallest absolute Gasteiger partial charge is 0.147 e. The summed E-state index contributed by atoms with van der Waals surface area (Å²) in [5.41, 5.74) is 0.849. The number of hydrogen-bond donors (Lipinski definition) is 1. The maximum absolute atomic E-state index is 9.56. The summed E-state index contributed by atoms with van der Waals surface area (Å²) in [4.78, 5) is 0. The maximum Gasteiger partial charge on any atom is 0.147 e. The molecule has 0 unspecified atom stereocenters. The van der Waals surface area contributed by atoms with E-state index in [2.05, 4.69) is 5.16 Å². The Hall–Kier alpha value is -1.51. The van der Waals surface area contributed by atoms with Gasteiger partial charge < -0.3 is 9.63 Å². The monoisotopic (exact) mass is 231 g/mol. The van der Waals surface area contributed by atoms with Gasteiger partial charge in [-0.1, -0.05) is 30.8 Å². The first-order valence-corrected chi connectivity index (χ1v) is 6.43. The molecule has 3 nitrogen and oxygen atoms in total. The zero-order chi connectivity index (χ0) is 11.7. The fraction of sp³-hybridized carbons (Fsp3) is 0.500. The van der Waals surface area contributed by atoms with Crippen LogP contribution in [-0.2, 0) is 0 Å². The summed E-state index contributed by atoms with van der Waals surface area (Å²) < 4.78 is 5.50. The Balaban J connectivity index is 2.00. The van der Waals surface area contributed by atoms with Crippen LogP contribution in [0.2, 0.25) is 0 Å². The first kappa shape index (κ1) is 10.6. The van der Waals surface area contributed by atoms with E-state index in [1.807, 2.05) is 6.07 Å². The molecule has 1 N–H and O–H groups in total. The molecule has 0 spiro atoms. The standard InChI is InChI=1S/C14H17NO2/c16-11-7-8-13-12(9-11)14(17-15-13)10-5-3-1-2-4-6-10/h7-10,16H,1-6H2. The lowest BCUT2D eigenvalue weighted by Crippen LogP contribution is -1.95. The number of benzene rings is 1. The maximum atomic E-state index is 9.56. The van der Waals surface area contributed by atoms with Gasteiger partial charge in [-0.25, -0.2) is 0 Å². The van der Waals surface area contributed by atoms with Crippen LogP contribution in [0.5, 0.6) is 5.75 Å². The third-order valence-electron chi connectivity index (χ3n) is 3.71. The number of rotatable bonds is 1. The van der Waals surface area contributed by atoms with Crippen LogP contribution in [0.15, 0.2) is 22.7 Å². The number of phenols is 1. The van der Waals surface area contributed by atoms with E-state index in [0.29, 0.717) is 5.92 Å². The highest BCUT2D eigenvalue weighted by atomic mass is 16.5. The van der Waals surface area contributed by atoms with Crippen LogP contribution < -0.4 is 0 Å². The Kier molecular flexibility index (Phi) is 2.75. The van der Waals surface area contributed by atoms with E-state index in [4.69, 9.17) is 4.52 Å². The molecule has 0 saturated heterocycles. The molecule has 1 aromatic heterocycles. The summed E-state index contributed by atoms with van der Waals surface area (Å²) in [5, 5.41) is 14.6. The van der Waals surface area contributed by atoms with E-state index in [0.717, 1.165) is 16.7 Å². The zero-order valence-electron chi connectivity index (χ0n) is 9.85. The molecule has 3 heteroatoms. The lowest BCUT2D eigenvalue weighted by molar-refractivity contribution is 0.354. The molecule has 0 atom stereocenters. The van der Waals surface area contributed by atoms with E-state index in [-0.39, 0.29) is 5.75 Å². The van der Waals surface area contributed by atoms with E-state index in [1.54, 1.807) is 12.1 Å². The van der Waals surface area contributed by atoms with Gasteiger partial charge in [0, 0.05) is 11.3 Å². The summed E-state index contributed by atoms with van der Waals surface area (Å²) in [6, 6.07) is 5.24. The van der Waals surface area contributed by atoms with Gasteiger partial charge in [-0.3, -0.25) is 0 Å². The molecule has 3 rings (SSSR count). The Morgan fingerprint density at radius 3 is 2.65 bits per heavy atom. The average molecular weight is 231 g/mol. The highest BCUT2D eigenvalue weighted by Crippen LogP contribution is 2.36. The van der Waals surface area contributed by atoms with Gasteiger partial charge in [0.15, 0.2) is 0 Å². The number of hydrogen-bond acceptors (Lipinski definition) is 3. The third-order valence-corrected chi connectivity index (χ3v) is 3.71. The summed E-state index contributed by atoms with van der Waals surface area (Å²) in [6.45, 7) is 0. The van der Waals surface area contributed by atoms with Crippen molar-refractivity contribution in [3.05, 3.63) is 24.0 Å². The molecule has 90 valence electrons.